The smallest absolute Gasteiger partial charge is 0.291 e. The summed E-state index contributed by atoms with van der Waals surface area (Å²) in [6.07, 6.45) is 0. The quantitative estimate of drug-likeness (QED) is 0.621. The maximum Gasteiger partial charge on any atom is 0.291 e. The molecule has 1 aromatic rings. The van der Waals surface area contributed by atoms with Crippen LogP contribution in [-0.4, -0.2) is 4.82 Å². The van der Waals surface area contributed by atoms with E-state index >= 15 is 0 Å². The van der Waals surface area contributed by atoms with E-state index in [9.17, 15) is 4.79 Å². The molecule has 0 heterocycles. The van der Waals surface area contributed by atoms with Crippen LogP contribution in [0.25, 0.3) is 0 Å². The zero-order chi connectivity index (χ0) is 9.14. The molecule has 0 unspecified atom stereocenters. The number of amides is 1. The van der Waals surface area contributed by atoms with Crippen LogP contribution in [0.2, 0.25) is 0 Å². The Hall–Kier alpha value is -0.350. The van der Waals surface area contributed by atoms with Gasteiger partial charge in [-0.3, -0.25) is 4.79 Å². The normalized spacial score (nSPS) is 9.58. The Balaban J connectivity index is 2.93. The van der Waals surface area contributed by atoms with Crippen molar-refractivity contribution in [3.05, 3.63) is 28.2 Å². The van der Waals surface area contributed by atoms with Crippen LogP contribution in [0.5, 0.6) is 0 Å². The Morgan fingerprint density at radius 1 is 1.50 bits per heavy atom. The Kier molecular flexibility index (Phi) is 3.29. The lowest BCUT2D eigenvalue weighted by molar-refractivity contribution is 0.270. The fraction of sp³-hybridized carbons (Fsp3) is 0.125. The minimum atomic E-state index is -0.229. The topological polar surface area (TPSA) is 29.1 Å². The first-order valence-electron chi connectivity index (χ1n) is 3.32. The summed E-state index contributed by atoms with van der Waals surface area (Å²) in [4.78, 5) is 10.4. The number of nitrogens with one attached hydrogen (secondary N) is 1. The van der Waals surface area contributed by atoms with Gasteiger partial charge in [0.05, 0.1) is 0 Å². The van der Waals surface area contributed by atoms with Crippen molar-refractivity contribution in [2.24, 2.45) is 0 Å². The van der Waals surface area contributed by atoms with Crippen LogP contribution >= 0.6 is 31.9 Å². The molecule has 1 amide bonds. The fourth-order valence-electron chi connectivity index (χ4n) is 0.873. The van der Waals surface area contributed by atoms with Gasteiger partial charge in [-0.15, -0.1) is 0 Å². The van der Waals surface area contributed by atoms with Crippen LogP contribution in [0.3, 0.4) is 0 Å². The second-order valence-electron chi connectivity index (χ2n) is 2.36. The van der Waals surface area contributed by atoms with E-state index in [4.69, 9.17) is 0 Å². The van der Waals surface area contributed by atoms with E-state index in [1.54, 1.807) is 0 Å². The highest BCUT2D eigenvalue weighted by Gasteiger charge is 2.00. The number of aryl methyl sites for hydroxylation is 1. The Morgan fingerprint density at radius 2 is 2.17 bits per heavy atom. The summed E-state index contributed by atoms with van der Waals surface area (Å²) in [5.74, 6) is 0. The van der Waals surface area contributed by atoms with E-state index in [0.29, 0.717) is 0 Å². The first kappa shape index (κ1) is 9.74. The zero-order valence-corrected chi connectivity index (χ0v) is 9.57. The number of carbonyl (C=O) groups is 1. The Bertz CT molecular complexity index is 312. The minimum absolute atomic E-state index is 0.229. The molecule has 1 N–H and O–H groups in total. The number of carbonyl (C=O) groups excluding carboxylic acids is 1. The van der Waals surface area contributed by atoms with Crippen molar-refractivity contribution in [1.82, 2.24) is 0 Å². The summed E-state index contributed by atoms with van der Waals surface area (Å²) in [6, 6.07) is 5.67. The summed E-state index contributed by atoms with van der Waals surface area (Å²) in [6.45, 7) is 1.93. The summed E-state index contributed by atoms with van der Waals surface area (Å²) in [5, 5.41) is 2.66. The molecule has 64 valence electrons. The SMILES string of the molecule is Cc1cc(Br)ccc1NC(=O)Br. The molecular formula is C8H7Br2NO. The molecule has 0 aromatic heterocycles. The highest BCUT2D eigenvalue weighted by atomic mass is 79.9. The van der Waals surface area contributed by atoms with Crippen LogP contribution in [-0.2, 0) is 0 Å². The summed E-state index contributed by atoms with van der Waals surface area (Å²) in [5.41, 5.74) is 1.84. The van der Waals surface area contributed by atoms with E-state index in [0.717, 1.165) is 15.7 Å². The highest BCUT2D eigenvalue weighted by molar-refractivity contribution is 9.18. The van der Waals surface area contributed by atoms with Gasteiger partial charge in [0.15, 0.2) is 0 Å². The number of benzene rings is 1. The molecule has 0 aliphatic rings. The molecule has 0 radical (unpaired) electrons. The van der Waals surface area contributed by atoms with Crippen LogP contribution in [0.15, 0.2) is 22.7 Å². The molecule has 0 aliphatic carbocycles. The van der Waals surface area contributed by atoms with Crippen molar-refractivity contribution in [2.75, 3.05) is 5.32 Å². The van der Waals surface area contributed by atoms with Crippen LogP contribution in [0.1, 0.15) is 5.56 Å². The van der Waals surface area contributed by atoms with Gasteiger partial charge < -0.3 is 5.32 Å². The number of halogens is 2. The molecule has 0 fully saturated rings. The highest BCUT2D eigenvalue weighted by Crippen LogP contribution is 2.20. The number of hydrogen-bond donors (Lipinski definition) is 1. The Morgan fingerprint density at radius 3 is 2.67 bits per heavy atom. The average Bonchev–Trinajstić information content (AvgIpc) is 1.94. The van der Waals surface area contributed by atoms with Gasteiger partial charge in [-0.1, -0.05) is 15.9 Å². The standard InChI is InChI=1S/C8H7Br2NO/c1-5-4-6(9)2-3-7(5)11-8(10)12/h2-4H,1H3,(H,11,12). The zero-order valence-electron chi connectivity index (χ0n) is 6.40. The molecular weight excluding hydrogens is 286 g/mol. The van der Waals surface area contributed by atoms with Crippen molar-refractivity contribution in [2.45, 2.75) is 6.92 Å². The van der Waals surface area contributed by atoms with E-state index in [-0.39, 0.29) is 4.82 Å². The van der Waals surface area contributed by atoms with Crippen molar-refractivity contribution < 1.29 is 4.79 Å². The van der Waals surface area contributed by atoms with Gasteiger partial charge in [-0.2, -0.15) is 0 Å². The maximum absolute atomic E-state index is 10.6. The van der Waals surface area contributed by atoms with Crippen molar-refractivity contribution in [3.63, 3.8) is 0 Å². The monoisotopic (exact) mass is 291 g/mol. The lowest BCUT2D eigenvalue weighted by Crippen LogP contribution is -2.01. The molecule has 0 aliphatic heterocycles. The molecule has 12 heavy (non-hydrogen) atoms. The number of rotatable bonds is 1. The van der Waals surface area contributed by atoms with Gasteiger partial charge in [0.2, 0.25) is 0 Å². The third kappa shape index (κ3) is 2.60. The van der Waals surface area contributed by atoms with E-state index in [1.807, 2.05) is 25.1 Å². The van der Waals surface area contributed by atoms with Gasteiger partial charge in [-0.05, 0) is 30.7 Å². The van der Waals surface area contributed by atoms with E-state index < -0.39 is 0 Å². The molecule has 0 spiro atoms. The first-order valence-corrected chi connectivity index (χ1v) is 4.91. The summed E-state index contributed by atoms with van der Waals surface area (Å²) in [7, 11) is 0. The largest absolute Gasteiger partial charge is 0.316 e. The van der Waals surface area contributed by atoms with Gasteiger partial charge in [-0.25, -0.2) is 0 Å². The van der Waals surface area contributed by atoms with Crippen molar-refractivity contribution >= 4 is 42.4 Å². The maximum atomic E-state index is 10.6. The van der Waals surface area contributed by atoms with Gasteiger partial charge in [0, 0.05) is 26.1 Å². The number of hydrogen-bond acceptors (Lipinski definition) is 1. The number of anilines is 1. The molecule has 4 heteroatoms. The molecule has 2 nitrogen and oxygen atoms in total. The second-order valence-corrected chi connectivity index (χ2v) is 3.99. The second kappa shape index (κ2) is 4.05. The van der Waals surface area contributed by atoms with Crippen LogP contribution in [0, 0.1) is 6.92 Å². The molecule has 0 saturated carbocycles. The summed E-state index contributed by atoms with van der Waals surface area (Å²) < 4.78 is 1.01. The lowest BCUT2D eigenvalue weighted by atomic mass is 10.2. The summed E-state index contributed by atoms with van der Waals surface area (Å²) >= 11 is 6.14. The van der Waals surface area contributed by atoms with Crippen molar-refractivity contribution in [3.8, 4) is 0 Å². The van der Waals surface area contributed by atoms with Crippen LogP contribution in [0.4, 0.5) is 10.5 Å². The van der Waals surface area contributed by atoms with Gasteiger partial charge >= 0.3 is 0 Å². The van der Waals surface area contributed by atoms with E-state index in [1.165, 1.54) is 0 Å². The molecule has 1 rings (SSSR count). The third-order valence-corrected chi connectivity index (χ3v) is 2.11. The lowest BCUT2D eigenvalue weighted by Gasteiger charge is -2.04. The fourth-order valence-corrected chi connectivity index (χ4v) is 1.56. The van der Waals surface area contributed by atoms with Gasteiger partial charge in [0.1, 0.15) is 0 Å². The Labute approximate surface area is 87.6 Å². The average molecular weight is 293 g/mol. The first-order chi connectivity index (χ1) is 5.59. The molecule has 0 saturated heterocycles. The molecule has 1 aromatic carbocycles. The van der Waals surface area contributed by atoms with Crippen molar-refractivity contribution in [1.29, 1.82) is 0 Å². The molecule has 0 bridgehead atoms. The molecule has 0 atom stereocenters. The predicted octanol–water partition coefficient (Wildman–Crippen LogP) is 3.68. The van der Waals surface area contributed by atoms with E-state index in [2.05, 4.69) is 37.2 Å². The third-order valence-electron chi connectivity index (χ3n) is 1.42. The van der Waals surface area contributed by atoms with Crippen LogP contribution < -0.4 is 5.32 Å². The predicted molar refractivity (Wildman–Crippen MR) is 56.8 cm³/mol. The van der Waals surface area contributed by atoms with Gasteiger partial charge in [0.25, 0.3) is 4.82 Å². The minimum Gasteiger partial charge on any atom is -0.316 e.